The molecule has 0 saturated heterocycles. The van der Waals surface area contributed by atoms with Crippen LogP contribution in [0.25, 0.3) is 10.2 Å². The lowest BCUT2D eigenvalue weighted by Crippen LogP contribution is -2.32. The van der Waals surface area contributed by atoms with Crippen LogP contribution in [-0.2, 0) is 13.0 Å². The molecule has 4 heterocycles. The molecule has 1 saturated carbocycles. The number of carbonyl (C=O) groups is 1. The normalized spacial score (nSPS) is 17.5. The highest BCUT2D eigenvalue weighted by molar-refractivity contribution is 7.20. The topological polar surface area (TPSA) is 103 Å². The Bertz CT molecular complexity index is 1200. The molecule has 0 aromatic carbocycles. The van der Waals surface area contributed by atoms with Gasteiger partial charge in [0, 0.05) is 18.9 Å². The van der Waals surface area contributed by atoms with Crippen molar-refractivity contribution in [2.24, 2.45) is 5.92 Å². The summed E-state index contributed by atoms with van der Waals surface area (Å²) in [4.78, 5) is 36.9. The number of aryl methyl sites for hydroxylation is 2. The molecule has 5 rings (SSSR count). The SMILES string of the molecule is Cc1c(C(=O)NC(c2nc(C3CC3)no2)C(C)C)sc2nc3n(c(=O)c12)CCCCC3. The molecular formula is C22H27N5O3S. The minimum absolute atomic E-state index is 0.0268. The number of aromatic nitrogens is 4. The molecular weight excluding hydrogens is 414 g/mol. The zero-order valence-corrected chi connectivity index (χ0v) is 18.9. The average molecular weight is 442 g/mol. The fourth-order valence-electron chi connectivity index (χ4n) is 4.23. The van der Waals surface area contributed by atoms with E-state index in [-0.39, 0.29) is 23.4 Å². The van der Waals surface area contributed by atoms with Crippen molar-refractivity contribution in [1.29, 1.82) is 0 Å². The van der Waals surface area contributed by atoms with Crippen molar-refractivity contribution in [1.82, 2.24) is 25.0 Å². The molecule has 2 aliphatic rings. The Morgan fingerprint density at radius 2 is 2.03 bits per heavy atom. The molecule has 31 heavy (non-hydrogen) atoms. The van der Waals surface area contributed by atoms with Crippen molar-refractivity contribution in [2.75, 3.05) is 0 Å². The Morgan fingerprint density at radius 3 is 2.77 bits per heavy atom. The lowest BCUT2D eigenvalue weighted by molar-refractivity contribution is 0.0917. The number of hydrogen-bond donors (Lipinski definition) is 1. The first-order valence-corrected chi connectivity index (χ1v) is 11.9. The van der Waals surface area contributed by atoms with E-state index in [0.717, 1.165) is 50.2 Å². The first-order chi connectivity index (χ1) is 14.9. The number of amides is 1. The second kappa shape index (κ2) is 7.85. The maximum Gasteiger partial charge on any atom is 0.262 e. The molecule has 1 amide bonds. The van der Waals surface area contributed by atoms with Crippen molar-refractivity contribution < 1.29 is 9.32 Å². The molecule has 0 bridgehead atoms. The molecule has 164 valence electrons. The van der Waals surface area contributed by atoms with Crippen LogP contribution < -0.4 is 10.9 Å². The number of fused-ring (bicyclic) bond motifs is 2. The molecule has 1 atom stereocenters. The second-order valence-corrected chi connectivity index (χ2v) is 9.99. The lowest BCUT2D eigenvalue weighted by Gasteiger charge is -2.18. The van der Waals surface area contributed by atoms with Crippen LogP contribution in [-0.4, -0.2) is 25.6 Å². The van der Waals surface area contributed by atoms with Crippen molar-refractivity contribution in [3.05, 3.63) is 38.3 Å². The van der Waals surface area contributed by atoms with Crippen LogP contribution in [0.5, 0.6) is 0 Å². The number of rotatable bonds is 5. The molecule has 8 nitrogen and oxygen atoms in total. The minimum atomic E-state index is -0.386. The fourth-order valence-corrected chi connectivity index (χ4v) is 5.32. The van der Waals surface area contributed by atoms with E-state index in [1.807, 2.05) is 20.8 Å². The predicted octanol–water partition coefficient (Wildman–Crippen LogP) is 3.88. The van der Waals surface area contributed by atoms with Crippen molar-refractivity contribution in [2.45, 2.75) is 77.8 Å². The molecule has 0 spiro atoms. The summed E-state index contributed by atoms with van der Waals surface area (Å²) in [7, 11) is 0. The molecule has 1 fully saturated rings. The number of carbonyl (C=O) groups excluding carboxylic acids is 1. The van der Waals surface area contributed by atoms with E-state index >= 15 is 0 Å². The summed E-state index contributed by atoms with van der Waals surface area (Å²) in [5, 5.41) is 7.71. The first-order valence-electron chi connectivity index (χ1n) is 11.1. The molecule has 1 unspecified atom stereocenters. The van der Waals surface area contributed by atoms with E-state index in [4.69, 9.17) is 9.51 Å². The average Bonchev–Trinajstić information content (AvgIpc) is 3.44. The molecule has 9 heteroatoms. The summed E-state index contributed by atoms with van der Waals surface area (Å²) in [6, 6.07) is -0.386. The Balaban J connectivity index is 1.47. The Kier molecular flexibility index (Phi) is 5.16. The molecule has 1 aliphatic heterocycles. The summed E-state index contributed by atoms with van der Waals surface area (Å²) < 4.78 is 7.27. The van der Waals surface area contributed by atoms with Gasteiger partial charge < -0.3 is 9.84 Å². The van der Waals surface area contributed by atoms with Gasteiger partial charge in [-0.2, -0.15) is 4.98 Å². The first kappa shape index (κ1) is 20.4. The number of nitrogens with one attached hydrogen (secondary N) is 1. The molecule has 1 aliphatic carbocycles. The third kappa shape index (κ3) is 3.69. The molecule has 3 aromatic heterocycles. The largest absolute Gasteiger partial charge is 0.339 e. The van der Waals surface area contributed by atoms with Crippen LogP contribution in [0, 0.1) is 12.8 Å². The van der Waals surface area contributed by atoms with Crippen LogP contribution in [0.2, 0.25) is 0 Å². The van der Waals surface area contributed by atoms with Gasteiger partial charge in [0.15, 0.2) is 5.82 Å². The Labute approximate surface area is 184 Å². The van der Waals surface area contributed by atoms with E-state index in [1.54, 1.807) is 4.57 Å². The summed E-state index contributed by atoms with van der Waals surface area (Å²) in [6.45, 7) is 6.55. The van der Waals surface area contributed by atoms with Crippen molar-refractivity contribution in [3.63, 3.8) is 0 Å². The van der Waals surface area contributed by atoms with Gasteiger partial charge in [-0.3, -0.25) is 14.2 Å². The molecule has 1 N–H and O–H groups in total. The van der Waals surface area contributed by atoms with E-state index in [0.29, 0.717) is 39.0 Å². The standard InChI is InChI=1S/C22H27N5O3S/c1-11(2)16(20-25-18(26-30-20)13-8-9-13)24-19(28)17-12(3)15-21(31-17)23-14-7-5-4-6-10-27(14)22(15)29/h11,13,16H,4-10H2,1-3H3,(H,24,28). The highest BCUT2D eigenvalue weighted by Crippen LogP contribution is 2.39. The van der Waals surface area contributed by atoms with Crippen LogP contribution >= 0.6 is 11.3 Å². The lowest BCUT2D eigenvalue weighted by atomic mass is 10.0. The third-order valence-corrected chi connectivity index (χ3v) is 7.42. The van der Waals surface area contributed by atoms with Gasteiger partial charge in [0.1, 0.15) is 16.7 Å². The van der Waals surface area contributed by atoms with Crippen LogP contribution in [0.1, 0.15) is 90.7 Å². The molecule has 3 aromatic rings. The highest BCUT2D eigenvalue weighted by Gasteiger charge is 2.32. The summed E-state index contributed by atoms with van der Waals surface area (Å²) in [5.74, 6) is 2.23. The molecule has 0 radical (unpaired) electrons. The quantitative estimate of drug-likeness (QED) is 0.644. The fraction of sp³-hybridized carbons (Fsp3) is 0.591. The van der Waals surface area contributed by atoms with Crippen molar-refractivity contribution >= 4 is 27.5 Å². The van der Waals surface area contributed by atoms with Gasteiger partial charge in [-0.25, -0.2) is 4.98 Å². The second-order valence-electron chi connectivity index (χ2n) is 8.99. The van der Waals surface area contributed by atoms with Crippen LogP contribution in [0.15, 0.2) is 9.32 Å². The van der Waals surface area contributed by atoms with Crippen molar-refractivity contribution in [3.8, 4) is 0 Å². The van der Waals surface area contributed by atoms with E-state index in [2.05, 4.69) is 15.5 Å². The minimum Gasteiger partial charge on any atom is -0.339 e. The number of nitrogens with zero attached hydrogens (tertiary/aromatic N) is 4. The van der Waals surface area contributed by atoms with E-state index in [9.17, 15) is 9.59 Å². The zero-order chi connectivity index (χ0) is 21.7. The summed E-state index contributed by atoms with van der Waals surface area (Å²) >= 11 is 1.29. The van der Waals surface area contributed by atoms with E-state index < -0.39 is 0 Å². The van der Waals surface area contributed by atoms with Crippen LogP contribution in [0.3, 0.4) is 0 Å². The number of hydrogen-bond acceptors (Lipinski definition) is 7. The van der Waals surface area contributed by atoms with Gasteiger partial charge in [0.25, 0.3) is 11.5 Å². The van der Waals surface area contributed by atoms with Crippen LogP contribution in [0.4, 0.5) is 0 Å². The smallest absolute Gasteiger partial charge is 0.262 e. The number of thiophene rings is 1. The highest BCUT2D eigenvalue weighted by atomic mass is 32.1. The van der Waals surface area contributed by atoms with Gasteiger partial charge in [-0.15, -0.1) is 11.3 Å². The van der Waals surface area contributed by atoms with Gasteiger partial charge in [0.2, 0.25) is 5.89 Å². The Hall–Kier alpha value is -2.55. The maximum atomic E-state index is 13.2. The monoisotopic (exact) mass is 441 g/mol. The van der Waals surface area contributed by atoms with E-state index in [1.165, 1.54) is 11.3 Å². The zero-order valence-electron chi connectivity index (χ0n) is 18.1. The third-order valence-electron chi connectivity index (χ3n) is 6.24. The summed E-state index contributed by atoms with van der Waals surface area (Å²) in [6.07, 6.45) is 6.12. The van der Waals surface area contributed by atoms with Gasteiger partial charge >= 0.3 is 0 Å². The Morgan fingerprint density at radius 1 is 1.23 bits per heavy atom. The van der Waals surface area contributed by atoms with Gasteiger partial charge in [0.05, 0.1) is 10.3 Å². The maximum absolute atomic E-state index is 13.2. The predicted molar refractivity (Wildman–Crippen MR) is 117 cm³/mol. The van der Waals surface area contributed by atoms with Gasteiger partial charge in [-0.1, -0.05) is 25.4 Å². The summed E-state index contributed by atoms with van der Waals surface area (Å²) in [5.41, 5.74) is 0.669. The van der Waals surface area contributed by atoms with Gasteiger partial charge in [-0.05, 0) is 44.1 Å².